The second-order valence-electron chi connectivity index (χ2n) is 8.77. The normalized spacial score (nSPS) is 17.5. The number of phenols is 2. The summed E-state index contributed by atoms with van der Waals surface area (Å²) in [4.78, 5) is 2.44. The van der Waals surface area contributed by atoms with E-state index in [1.807, 2.05) is 18.2 Å². The van der Waals surface area contributed by atoms with Gasteiger partial charge in [-0.15, -0.1) is 0 Å². The van der Waals surface area contributed by atoms with Gasteiger partial charge in [-0.1, -0.05) is 39.2 Å². The molecule has 2 aliphatic heterocycles. The zero-order valence-electron chi connectivity index (χ0n) is 18.8. The minimum atomic E-state index is 0.224. The van der Waals surface area contributed by atoms with Crippen molar-refractivity contribution in [1.82, 2.24) is 4.90 Å². The van der Waals surface area contributed by atoms with E-state index in [0.717, 1.165) is 50.8 Å². The van der Waals surface area contributed by atoms with Crippen LogP contribution in [0.5, 0.6) is 23.0 Å². The maximum absolute atomic E-state index is 10.6. The number of unbranched alkanes of at least 4 members (excludes halogenated alkanes) is 3. The van der Waals surface area contributed by atoms with Crippen molar-refractivity contribution in [3.8, 4) is 23.0 Å². The first-order valence-electron chi connectivity index (χ1n) is 11.8. The largest absolute Gasteiger partial charge is 0.504 e. The van der Waals surface area contributed by atoms with Crippen LogP contribution in [0.25, 0.3) is 0 Å². The standard InChI is InChI=1S/C26H35NO4/c1-3-5-6-7-13-30-25-15-19-10-11-27-17-21-18(14-22(27)20(19)16-24(25)29)8-9-23(28)26(21)31-12-4-2/h8-9,15-16,22,28-29H,3-7,10-14,17H2,1-2H3/t22-/m0/s1. The highest BCUT2D eigenvalue weighted by molar-refractivity contribution is 5.54. The van der Waals surface area contributed by atoms with Crippen LogP contribution in [0.15, 0.2) is 24.3 Å². The Morgan fingerprint density at radius 3 is 2.61 bits per heavy atom. The van der Waals surface area contributed by atoms with Gasteiger partial charge in [0.05, 0.1) is 13.2 Å². The highest BCUT2D eigenvalue weighted by atomic mass is 16.5. The molecule has 1 atom stereocenters. The number of phenolic OH excluding ortho intramolecular Hbond substituents is 2. The molecule has 5 nitrogen and oxygen atoms in total. The fourth-order valence-electron chi connectivity index (χ4n) is 4.82. The van der Waals surface area contributed by atoms with Crippen LogP contribution >= 0.6 is 0 Å². The Morgan fingerprint density at radius 2 is 1.81 bits per heavy atom. The molecule has 5 heteroatoms. The predicted molar refractivity (Wildman–Crippen MR) is 122 cm³/mol. The average Bonchev–Trinajstić information content (AvgIpc) is 2.77. The Bertz CT molecular complexity index is 911. The fourth-order valence-corrected chi connectivity index (χ4v) is 4.82. The molecule has 0 spiro atoms. The number of nitrogens with zero attached hydrogens (tertiary/aromatic N) is 1. The molecule has 2 heterocycles. The molecule has 0 aliphatic carbocycles. The fraction of sp³-hybridized carbons (Fsp3) is 0.538. The van der Waals surface area contributed by atoms with Crippen molar-refractivity contribution in [2.45, 2.75) is 71.4 Å². The third kappa shape index (κ3) is 4.62. The van der Waals surface area contributed by atoms with Crippen LogP contribution in [-0.2, 0) is 19.4 Å². The van der Waals surface area contributed by atoms with Crippen molar-refractivity contribution in [2.75, 3.05) is 19.8 Å². The van der Waals surface area contributed by atoms with Crippen LogP contribution in [0, 0.1) is 0 Å². The Kier molecular flexibility index (Phi) is 6.91. The summed E-state index contributed by atoms with van der Waals surface area (Å²) in [6.45, 7) is 7.22. The molecule has 0 unspecified atom stereocenters. The van der Waals surface area contributed by atoms with Gasteiger partial charge in [-0.3, -0.25) is 4.90 Å². The molecule has 0 bridgehead atoms. The zero-order valence-corrected chi connectivity index (χ0v) is 18.8. The Hall–Kier alpha value is -2.40. The predicted octanol–water partition coefficient (Wildman–Crippen LogP) is 5.50. The van der Waals surface area contributed by atoms with E-state index in [4.69, 9.17) is 9.47 Å². The summed E-state index contributed by atoms with van der Waals surface area (Å²) >= 11 is 0. The molecular formula is C26H35NO4. The maximum atomic E-state index is 10.6. The summed E-state index contributed by atoms with van der Waals surface area (Å²) in [5.41, 5.74) is 4.78. The number of hydrogen-bond donors (Lipinski definition) is 2. The quantitative estimate of drug-likeness (QED) is 0.519. The van der Waals surface area contributed by atoms with Gasteiger partial charge < -0.3 is 19.7 Å². The van der Waals surface area contributed by atoms with Gasteiger partial charge in [0, 0.05) is 24.7 Å². The molecule has 2 aromatic rings. The highest BCUT2D eigenvalue weighted by Gasteiger charge is 2.34. The number of aromatic hydroxyl groups is 2. The molecule has 2 aromatic carbocycles. The van der Waals surface area contributed by atoms with Crippen LogP contribution < -0.4 is 9.47 Å². The summed E-state index contributed by atoms with van der Waals surface area (Å²) in [7, 11) is 0. The second kappa shape index (κ2) is 9.82. The summed E-state index contributed by atoms with van der Waals surface area (Å²) in [6.07, 6.45) is 7.30. The summed E-state index contributed by atoms with van der Waals surface area (Å²) in [6, 6.07) is 7.94. The molecular weight excluding hydrogens is 390 g/mol. The van der Waals surface area contributed by atoms with E-state index in [1.165, 1.54) is 29.5 Å². The van der Waals surface area contributed by atoms with Gasteiger partial charge in [-0.25, -0.2) is 0 Å². The molecule has 2 aliphatic rings. The Morgan fingerprint density at radius 1 is 0.935 bits per heavy atom. The molecule has 0 fully saturated rings. The Balaban J connectivity index is 1.54. The van der Waals surface area contributed by atoms with Crippen molar-refractivity contribution < 1.29 is 19.7 Å². The van der Waals surface area contributed by atoms with Gasteiger partial charge in [0.2, 0.25) is 0 Å². The summed E-state index contributed by atoms with van der Waals surface area (Å²) in [5, 5.41) is 21.0. The van der Waals surface area contributed by atoms with E-state index in [-0.39, 0.29) is 17.5 Å². The first-order chi connectivity index (χ1) is 15.1. The van der Waals surface area contributed by atoms with E-state index in [0.29, 0.717) is 24.7 Å². The lowest BCUT2D eigenvalue weighted by Gasteiger charge is -2.42. The molecule has 0 radical (unpaired) electrons. The molecule has 0 saturated carbocycles. The lowest BCUT2D eigenvalue weighted by molar-refractivity contribution is 0.155. The third-order valence-electron chi connectivity index (χ3n) is 6.51. The number of hydrogen-bond acceptors (Lipinski definition) is 5. The van der Waals surface area contributed by atoms with Gasteiger partial charge in [0.25, 0.3) is 0 Å². The molecule has 31 heavy (non-hydrogen) atoms. The lowest BCUT2D eigenvalue weighted by atomic mass is 9.83. The van der Waals surface area contributed by atoms with E-state index in [2.05, 4.69) is 18.7 Å². The van der Waals surface area contributed by atoms with Crippen molar-refractivity contribution in [3.05, 3.63) is 46.5 Å². The molecule has 2 N–H and O–H groups in total. The first kappa shape index (κ1) is 21.8. The monoisotopic (exact) mass is 425 g/mol. The van der Waals surface area contributed by atoms with Crippen LogP contribution in [0.1, 0.15) is 74.2 Å². The molecule has 4 rings (SSSR count). The number of ether oxygens (including phenoxy) is 2. The summed E-state index contributed by atoms with van der Waals surface area (Å²) in [5.74, 6) is 1.71. The van der Waals surface area contributed by atoms with E-state index in [1.54, 1.807) is 6.07 Å². The third-order valence-corrected chi connectivity index (χ3v) is 6.51. The first-order valence-corrected chi connectivity index (χ1v) is 11.8. The van der Waals surface area contributed by atoms with Gasteiger partial charge in [-0.05, 0) is 60.6 Å². The smallest absolute Gasteiger partial charge is 0.165 e. The lowest BCUT2D eigenvalue weighted by Crippen LogP contribution is -2.39. The van der Waals surface area contributed by atoms with Crippen molar-refractivity contribution >= 4 is 0 Å². The average molecular weight is 426 g/mol. The highest BCUT2D eigenvalue weighted by Crippen LogP contribution is 2.45. The summed E-state index contributed by atoms with van der Waals surface area (Å²) < 4.78 is 11.8. The maximum Gasteiger partial charge on any atom is 0.165 e. The SMILES string of the molecule is CCCCCCOc1cc2c(cc1O)[C@@H]1Cc3ccc(O)c(OCCC)c3CN1CC2. The van der Waals surface area contributed by atoms with Crippen molar-refractivity contribution in [3.63, 3.8) is 0 Å². The topological polar surface area (TPSA) is 62.2 Å². The number of rotatable bonds is 9. The minimum Gasteiger partial charge on any atom is -0.504 e. The van der Waals surface area contributed by atoms with Gasteiger partial charge in [-0.2, -0.15) is 0 Å². The number of benzene rings is 2. The van der Waals surface area contributed by atoms with Gasteiger partial charge in [0.15, 0.2) is 23.0 Å². The van der Waals surface area contributed by atoms with Crippen molar-refractivity contribution in [1.29, 1.82) is 0 Å². The molecule has 168 valence electrons. The number of fused-ring (bicyclic) bond motifs is 4. The second-order valence-corrected chi connectivity index (χ2v) is 8.77. The molecule has 0 saturated heterocycles. The van der Waals surface area contributed by atoms with Gasteiger partial charge in [0.1, 0.15) is 0 Å². The molecule has 0 amide bonds. The van der Waals surface area contributed by atoms with Crippen molar-refractivity contribution in [2.24, 2.45) is 0 Å². The van der Waals surface area contributed by atoms with E-state index < -0.39 is 0 Å². The van der Waals surface area contributed by atoms with Gasteiger partial charge >= 0.3 is 0 Å². The minimum absolute atomic E-state index is 0.224. The molecule has 0 aromatic heterocycles. The van der Waals surface area contributed by atoms with Crippen LogP contribution in [-0.4, -0.2) is 34.9 Å². The van der Waals surface area contributed by atoms with Crippen LogP contribution in [0.3, 0.4) is 0 Å². The van der Waals surface area contributed by atoms with E-state index >= 15 is 0 Å². The van der Waals surface area contributed by atoms with Crippen LogP contribution in [0.2, 0.25) is 0 Å². The zero-order chi connectivity index (χ0) is 21.8. The van der Waals surface area contributed by atoms with Crippen LogP contribution in [0.4, 0.5) is 0 Å². The van der Waals surface area contributed by atoms with E-state index in [9.17, 15) is 10.2 Å². The Labute approximate surface area is 185 Å².